The second-order valence-electron chi connectivity index (χ2n) is 8.63. The van der Waals surface area contributed by atoms with Gasteiger partial charge in [-0.15, -0.1) is 0 Å². The lowest BCUT2D eigenvalue weighted by atomic mass is 9.93. The van der Waals surface area contributed by atoms with Crippen LogP contribution in [0.2, 0.25) is 0 Å². The number of aryl methyl sites for hydroxylation is 1. The van der Waals surface area contributed by atoms with Gasteiger partial charge < -0.3 is 5.11 Å². The number of benzene rings is 1. The van der Waals surface area contributed by atoms with Gasteiger partial charge in [0.2, 0.25) is 0 Å². The molecular weight excluding hydrogens is 429 g/mol. The Balaban J connectivity index is 1.52. The minimum atomic E-state index is -0.815. The summed E-state index contributed by atoms with van der Waals surface area (Å²) in [6.45, 7) is 1.75. The summed E-state index contributed by atoms with van der Waals surface area (Å²) in [6.07, 6.45) is 8.83. The summed E-state index contributed by atoms with van der Waals surface area (Å²) in [7, 11) is 0. The highest BCUT2D eigenvalue weighted by molar-refractivity contribution is 7.81. The third-order valence-electron chi connectivity index (χ3n) is 6.10. The second kappa shape index (κ2) is 10.0. The van der Waals surface area contributed by atoms with E-state index in [1.807, 2.05) is 12.3 Å². The van der Waals surface area contributed by atoms with E-state index in [9.17, 15) is 14.0 Å². The Morgan fingerprint density at radius 2 is 2.06 bits per heavy atom. The van der Waals surface area contributed by atoms with E-state index in [1.165, 1.54) is 6.07 Å². The molecule has 0 bridgehead atoms. The van der Waals surface area contributed by atoms with Gasteiger partial charge in [0.25, 0.3) is 0 Å². The molecule has 2 aliphatic rings. The zero-order valence-electron chi connectivity index (χ0n) is 17.9. The van der Waals surface area contributed by atoms with Gasteiger partial charge in [-0.2, -0.15) is 17.7 Å². The third-order valence-corrected chi connectivity index (χ3v) is 6.69. The fraction of sp³-hybridized carbons (Fsp3) is 0.458. The van der Waals surface area contributed by atoms with Crippen LogP contribution in [-0.2, 0) is 16.1 Å². The number of carbonyl (C=O) groups excluding carboxylic acids is 1. The first-order valence-electron chi connectivity index (χ1n) is 11.1. The first-order valence-corrected chi connectivity index (χ1v) is 11.6. The van der Waals surface area contributed by atoms with Crippen LogP contribution < -0.4 is 0 Å². The van der Waals surface area contributed by atoms with Gasteiger partial charge in [0, 0.05) is 54.5 Å². The van der Waals surface area contributed by atoms with E-state index < -0.39 is 12.0 Å². The van der Waals surface area contributed by atoms with E-state index in [-0.39, 0.29) is 29.2 Å². The van der Waals surface area contributed by atoms with Crippen molar-refractivity contribution in [2.24, 2.45) is 5.92 Å². The zero-order valence-corrected chi connectivity index (χ0v) is 18.8. The van der Waals surface area contributed by atoms with Gasteiger partial charge in [0.05, 0.1) is 12.2 Å². The van der Waals surface area contributed by atoms with Crippen molar-refractivity contribution in [1.82, 2.24) is 14.7 Å². The molecule has 2 unspecified atom stereocenters. The lowest BCUT2D eigenvalue weighted by Crippen LogP contribution is -2.42. The maximum Gasteiger partial charge on any atom is 0.303 e. The summed E-state index contributed by atoms with van der Waals surface area (Å²) in [4.78, 5) is 25.9. The number of carbonyl (C=O) groups is 2. The Kier molecular flexibility index (Phi) is 7.10. The molecule has 2 aromatic rings. The van der Waals surface area contributed by atoms with E-state index in [0.717, 1.165) is 30.4 Å². The van der Waals surface area contributed by atoms with Gasteiger partial charge in [-0.25, -0.2) is 4.39 Å². The molecule has 1 aliphatic heterocycles. The highest BCUT2D eigenvalue weighted by atomic mass is 32.1. The van der Waals surface area contributed by atoms with E-state index in [2.05, 4.69) is 10.00 Å². The number of aromatic nitrogens is 2. The summed E-state index contributed by atoms with van der Waals surface area (Å²) in [5.41, 5.74) is 2.43. The van der Waals surface area contributed by atoms with Gasteiger partial charge in [0.15, 0.2) is 5.78 Å². The number of hydrogen-bond acceptors (Lipinski definition) is 5. The standard InChI is InChI=1S/C24H28FN3O3S/c25-20-5-2-1-4-19(20)23(24(31)17-7-8-17)27-11-9-21(32)18(15-27)12-16-13-26-28(14-16)10-3-6-22(29)30/h1-2,4-5,12-14,17,21,23,32H,3,6-11,15H2,(H,29,30)/b18-12-. The number of rotatable bonds is 9. The summed E-state index contributed by atoms with van der Waals surface area (Å²) in [6, 6.07) is 6.00. The fourth-order valence-electron chi connectivity index (χ4n) is 4.26. The first kappa shape index (κ1) is 22.7. The molecule has 170 valence electrons. The Morgan fingerprint density at radius 1 is 1.28 bits per heavy atom. The van der Waals surface area contributed by atoms with Crippen molar-refractivity contribution >= 4 is 30.5 Å². The zero-order chi connectivity index (χ0) is 22.7. The maximum atomic E-state index is 14.7. The number of hydrogen-bond donors (Lipinski definition) is 2. The van der Waals surface area contributed by atoms with Gasteiger partial charge >= 0.3 is 5.97 Å². The summed E-state index contributed by atoms with van der Waals surface area (Å²) in [5.74, 6) is -1.01. The summed E-state index contributed by atoms with van der Waals surface area (Å²) >= 11 is 4.75. The number of halogens is 1. The number of piperidine rings is 1. The molecule has 6 nitrogen and oxygen atoms in total. The molecule has 8 heteroatoms. The quantitative estimate of drug-likeness (QED) is 0.557. The molecule has 0 spiro atoms. The van der Waals surface area contributed by atoms with E-state index >= 15 is 0 Å². The van der Waals surface area contributed by atoms with Gasteiger partial charge in [0.1, 0.15) is 5.82 Å². The van der Waals surface area contributed by atoms with Crippen LogP contribution in [0.4, 0.5) is 4.39 Å². The van der Waals surface area contributed by atoms with Gasteiger partial charge in [-0.3, -0.25) is 19.2 Å². The number of ketones is 1. The van der Waals surface area contributed by atoms with E-state index in [4.69, 9.17) is 17.7 Å². The average molecular weight is 458 g/mol. The van der Waals surface area contributed by atoms with Crippen molar-refractivity contribution in [2.75, 3.05) is 13.1 Å². The van der Waals surface area contributed by atoms with Gasteiger partial charge in [-0.1, -0.05) is 24.3 Å². The molecule has 1 N–H and O–H groups in total. The number of likely N-dealkylation sites (tertiary alicyclic amines) is 1. The molecule has 1 saturated carbocycles. The number of carboxylic acids is 1. The largest absolute Gasteiger partial charge is 0.481 e. The monoisotopic (exact) mass is 457 g/mol. The highest BCUT2D eigenvalue weighted by Gasteiger charge is 2.40. The van der Waals surface area contributed by atoms with E-state index in [1.54, 1.807) is 29.1 Å². The van der Waals surface area contributed by atoms with Crippen molar-refractivity contribution in [2.45, 2.75) is 49.9 Å². The SMILES string of the molecule is O=C(O)CCCn1cc(/C=C2/CN(C(C(=O)C3CC3)c3ccccc3F)CCC2S)cn1. The van der Waals surface area contributed by atoms with Crippen LogP contribution in [-0.4, -0.2) is 49.9 Å². The smallest absolute Gasteiger partial charge is 0.303 e. The van der Waals surface area contributed by atoms with Crippen molar-refractivity contribution in [3.05, 3.63) is 59.2 Å². The van der Waals surface area contributed by atoms with E-state index in [0.29, 0.717) is 31.6 Å². The van der Waals surface area contributed by atoms with Crippen LogP contribution in [0.1, 0.15) is 49.3 Å². The lowest BCUT2D eigenvalue weighted by Gasteiger charge is -2.37. The topological polar surface area (TPSA) is 75.4 Å². The molecule has 0 amide bonds. The van der Waals surface area contributed by atoms with Crippen molar-refractivity contribution in [3.63, 3.8) is 0 Å². The molecule has 2 atom stereocenters. The average Bonchev–Trinajstić information content (AvgIpc) is 3.52. The normalized spacial score (nSPS) is 21.6. The van der Waals surface area contributed by atoms with Crippen LogP contribution in [0.5, 0.6) is 0 Å². The highest BCUT2D eigenvalue weighted by Crippen LogP contribution is 2.39. The third kappa shape index (κ3) is 5.48. The summed E-state index contributed by atoms with van der Waals surface area (Å²) in [5, 5.41) is 13.2. The van der Waals surface area contributed by atoms with Crippen molar-refractivity contribution in [1.29, 1.82) is 0 Å². The number of Topliss-reactive ketones (excluding diaryl/α,β-unsaturated/α-hetero) is 1. The Labute approximate surface area is 192 Å². The molecule has 1 aromatic heterocycles. The van der Waals surface area contributed by atoms with Crippen LogP contribution in [0.3, 0.4) is 0 Å². The molecule has 32 heavy (non-hydrogen) atoms. The Morgan fingerprint density at radius 3 is 2.78 bits per heavy atom. The molecule has 1 aliphatic carbocycles. The summed E-state index contributed by atoms with van der Waals surface area (Å²) < 4.78 is 16.4. The first-order chi connectivity index (χ1) is 15.4. The molecule has 0 radical (unpaired) electrons. The molecular formula is C24H28FN3O3S. The van der Waals surface area contributed by atoms with Gasteiger partial charge in [-0.05, 0) is 37.3 Å². The molecule has 4 rings (SSSR count). The van der Waals surface area contributed by atoms with Crippen molar-refractivity contribution < 1.29 is 19.1 Å². The number of thiol groups is 1. The second-order valence-corrected chi connectivity index (χ2v) is 9.25. The van der Waals surface area contributed by atoms with Crippen LogP contribution >= 0.6 is 12.6 Å². The van der Waals surface area contributed by atoms with Crippen molar-refractivity contribution in [3.8, 4) is 0 Å². The van der Waals surface area contributed by atoms with Crippen LogP contribution in [0, 0.1) is 11.7 Å². The Hall–Kier alpha value is -2.45. The predicted molar refractivity (Wildman–Crippen MR) is 123 cm³/mol. The molecule has 2 heterocycles. The maximum absolute atomic E-state index is 14.7. The predicted octanol–water partition coefficient (Wildman–Crippen LogP) is 3.99. The Bertz CT molecular complexity index is 1020. The number of carboxylic acid groups (broad SMARTS) is 1. The molecule has 2 fully saturated rings. The minimum absolute atomic E-state index is 0.0322. The number of aliphatic carboxylic acids is 1. The number of nitrogens with zero attached hydrogens (tertiary/aromatic N) is 3. The van der Waals surface area contributed by atoms with Crippen LogP contribution in [0.25, 0.3) is 6.08 Å². The fourth-order valence-corrected chi connectivity index (χ4v) is 4.53. The molecule has 1 aromatic carbocycles. The van der Waals surface area contributed by atoms with Crippen LogP contribution in [0.15, 0.2) is 42.2 Å². The molecule has 1 saturated heterocycles. The minimum Gasteiger partial charge on any atom is -0.481 e. The lowest BCUT2D eigenvalue weighted by molar-refractivity contribution is -0.137.